The maximum Gasteiger partial charge on any atom is 0.223 e. The van der Waals surface area contributed by atoms with E-state index in [-0.39, 0.29) is 0 Å². The van der Waals surface area contributed by atoms with E-state index in [1.807, 2.05) is 23.2 Å². The molecule has 0 unspecified atom stereocenters. The van der Waals surface area contributed by atoms with Crippen molar-refractivity contribution in [2.45, 2.75) is 51.6 Å². The van der Waals surface area contributed by atoms with Gasteiger partial charge in [-0.3, -0.25) is 9.78 Å². The van der Waals surface area contributed by atoms with Crippen molar-refractivity contribution < 1.29 is 4.79 Å². The fourth-order valence-corrected chi connectivity index (χ4v) is 1.97. The molecule has 0 N–H and O–H groups in total. The van der Waals surface area contributed by atoms with E-state index in [9.17, 15) is 4.79 Å². The minimum Gasteiger partial charge on any atom is -0.335 e. The van der Waals surface area contributed by atoms with E-state index < -0.39 is 0 Å². The van der Waals surface area contributed by atoms with Crippen LogP contribution in [0.5, 0.6) is 0 Å². The Morgan fingerprint density at radius 1 is 1.53 bits per heavy atom. The first kappa shape index (κ1) is 12.1. The Morgan fingerprint density at radius 3 is 2.94 bits per heavy atom. The van der Waals surface area contributed by atoms with Crippen molar-refractivity contribution in [3.8, 4) is 0 Å². The molecule has 1 fully saturated rings. The van der Waals surface area contributed by atoms with E-state index in [2.05, 4.69) is 11.9 Å². The molecular formula is C14H20N2O. The second-order valence-corrected chi connectivity index (χ2v) is 4.72. The van der Waals surface area contributed by atoms with Crippen LogP contribution in [0.1, 0.15) is 44.6 Å². The molecule has 1 amide bonds. The molecule has 0 spiro atoms. The van der Waals surface area contributed by atoms with Crippen molar-refractivity contribution >= 4 is 5.91 Å². The van der Waals surface area contributed by atoms with Crippen LogP contribution in [0.4, 0.5) is 0 Å². The number of rotatable bonds is 6. The number of carbonyl (C=O) groups is 1. The summed E-state index contributed by atoms with van der Waals surface area (Å²) in [6.45, 7) is 2.84. The summed E-state index contributed by atoms with van der Waals surface area (Å²) in [6.07, 6.45) is 8.71. The molecule has 0 bridgehead atoms. The Hall–Kier alpha value is -1.38. The van der Waals surface area contributed by atoms with Gasteiger partial charge in [-0.05, 0) is 30.9 Å². The van der Waals surface area contributed by atoms with Gasteiger partial charge >= 0.3 is 0 Å². The van der Waals surface area contributed by atoms with Crippen LogP contribution < -0.4 is 0 Å². The molecule has 1 aromatic heterocycles. The summed E-state index contributed by atoms with van der Waals surface area (Å²) in [5, 5.41) is 0. The Kier molecular flexibility index (Phi) is 4.13. The fourth-order valence-electron chi connectivity index (χ4n) is 1.97. The number of unbranched alkanes of at least 4 members (excludes halogenated alkanes) is 1. The second-order valence-electron chi connectivity index (χ2n) is 4.72. The molecule has 3 heteroatoms. The average Bonchev–Trinajstić information content (AvgIpc) is 3.18. The van der Waals surface area contributed by atoms with E-state index in [0.29, 0.717) is 18.4 Å². The minimum atomic E-state index is 0.304. The van der Waals surface area contributed by atoms with Crippen LogP contribution in [-0.2, 0) is 11.3 Å². The molecule has 1 heterocycles. The molecule has 0 atom stereocenters. The highest BCUT2D eigenvalue weighted by molar-refractivity contribution is 5.76. The molecule has 1 aromatic rings. The zero-order valence-electron chi connectivity index (χ0n) is 10.4. The Morgan fingerprint density at radius 2 is 2.35 bits per heavy atom. The number of hydrogen-bond donors (Lipinski definition) is 0. The lowest BCUT2D eigenvalue weighted by Crippen LogP contribution is -2.32. The lowest BCUT2D eigenvalue weighted by Gasteiger charge is -2.22. The largest absolute Gasteiger partial charge is 0.335 e. The maximum atomic E-state index is 12.1. The van der Waals surface area contributed by atoms with E-state index in [4.69, 9.17) is 0 Å². The molecule has 0 aliphatic heterocycles. The van der Waals surface area contributed by atoms with E-state index in [1.54, 1.807) is 6.20 Å². The van der Waals surface area contributed by atoms with Gasteiger partial charge in [0.25, 0.3) is 0 Å². The monoisotopic (exact) mass is 232 g/mol. The second kappa shape index (κ2) is 5.80. The van der Waals surface area contributed by atoms with Gasteiger partial charge in [0.2, 0.25) is 5.91 Å². The Labute approximate surface area is 103 Å². The number of pyridine rings is 1. The zero-order chi connectivity index (χ0) is 12.1. The standard InChI is InChI=1S/C14H20N2O/c1-2-3-6-14(17)16(13-7-8-13)11-12-5-4-9-15-10-12/h4-5,9-10,13H,2-3,6-8,11H2,1H3. The summed E-state index contributed by atoms with van der Waals surface area (Å²) < 4.78 is 0. The van der Waals surface area contributed by atoms with Crippen molar-refractivity contribution in [2.24, 2.45) is 0 Å². The Bertz CT molecular complexity index is 360. The van der Waals surface area contributed by atoms with Crippen molar-refractivity contribution in [1.82, 2.24) is 9.88 Å². The molecule has 2 rings (SSSR count). The third kappa shape index (κ3) is 3.55. The first-order valence-electron chi connectivity index (χ1n) is 6.49. The smallest absolute Gasteiger partial charge is 0.223 e. The van der Waals surface area contributed by atoms with Gasteiger partial charge in [-0.25, -0.2) is 0 Å². The van der Waals surface area contributed by atoms with Gasteiger partial charge in [-0.2, -0.15) is 0 Å². The van der Waals surface area contributed by atoms with E-state index in [0.717, 1.165) is 37.8 Å². The van der Waals surface area contributed by atoms with Crippen LogP contribution in [0, 0.1) is 0 Å². The van der Waals surface area contributed by atoms with Gasteiger partial charge in [0.05, 0.1) is 0 Å². The Balaban J connectivity index is 1.95. The zero-order valence-corrected chi connectivity index (χ0v) is 10.4. The van der Waals surface area contributed by atoms with Crippen molar-refractivity contribution in [3.63, 3.8) is 0 Å². The lowest BCUT2D eigenvalue weighted by molar-refractivity contribution is -0.132. The highest BCUT2D eigenvalue weighted by atomic mass is 16.2. The summed E-state index contributed by atoms with van der Waals surface area (Å²) in [5.41, 5.74) is 1.13. The van der Waals surface area contributed by atoms with Gasteiger partial charge < -0.3 is 4.90 Å². The average molecular weight is 232 g/mol. The van der Waals surface area contributed by atoms with Crippen LogP contribution in [0.3, 0.4) is 0 Å². The summed E-state index contributed by atoms with van der Waals surface area (Å²) in [5.74, 6) is 0.304. The SMILES string of the molecule is CCCCC(=O)N(Cc1cccnc1)C1CC1. The summed E-state index contributed by atoms with van der Waals surface area (Å²) in [6, 6.07) is 4.45. The van der Waals surface area contributed by atoms with Crippen LogP contribution in [-0.4, -0.2) is 21.8 Å². The number of hydrogen-bond acceptors (Lipinski definition) is 2. The molecule has 17 heavy (non-hydrogen) atoms. The van der Waals surface area contributed by atoms with Crippen molar-refractivity contribution in [1.29, 1.82) is 0 Å². The third-order valence-corrected chi connectivity index (χ3v) is 3.13. The normalized spacial score (nSPS) is 14.6. The fraction of sp³-hybridized carbons (Fsp3) is 0.571. The van der Waals surface area contributed by atoms with Crippen molar-refractivity contribution in [2.75, 3.05) is 0 Å². The molecule has 1 aliphatic rings. The molecule has 1 aliphatic carbocycles. The lowest BCUT2D eigenvalue weighted by atomic mass is 10.2. The number of carbonyl (C=O) groups excluding carboxylic acids is 1. The van der Waals surface area contributed by atoms with Gasteiger partial charge in [0.15, 0.2) is 0 Å². The van der Waals surface area contributed by atoms with Gasteiger partial charge in [-0.15, -0.1) is 0 Å². The molecule has 0 radical (unpaired) electrons. The highest BCUT2D eigenvalue weighted by Gasteiger charge is 2.31. The molecule has 3 nitrogen and oxygen atoms in total. The maximum absolute atomic E-state index is 12.1. The minimum absolute atomic E-state index is 0.304. The molecule has 0 saturated heterocycles. The van der Waals surface area contributed by atoms with Crippen LogP contribution in [0.25, 0.3) is 0 Å². The number of amides is 1. The molecule has 1 saturated carbocycles. The first-order valence-corrected chi connectivity index (χ1v) is 6.49. The van der Waals surface area contributed by atoms with E-state index in [1.165, 1.54) is 0 Å². The first-order chi connectivity index (χ1) is 8.31. The summed E-state index contributed by atoms with van der Waals surface area (Å²) in [7, 11) is 0. The predicted molar refractivity (Wildman–Crippen MR) is 67.3 cm³/mol. The number of aromatic nitrogens is 1. The van der Waals surface area contributed by atoms with Gasteiger partial charge in [0, 0.05) is 31.4 Å². The topological polar surface area (TPSA) is 33.2 Å². The predicted octanol–water partition coefficient (Wildman–Crippen LogP) is 2.76. The van der Waals surface area contributed by atoms with Gasteiger partial charge in [-0.1, -0.05) is 19.4 Å². The molecule has 0 aromatic carbocycles. The highest BCUT2D eigenvalue weighted by Crippen LogP contribution is 2.29. The quantitative estimate of drug-likeness (QED) is 0.755. The molecular weight excluding hydrogens is 212 g/mol. The summed E-state index contributed by atoms with van der Waals surface area (Å²) in [4.78, 5) is 18.2. The van der Waals surface area contributed by atoms with E-state index >= 15 is 0 Å². The van der Waals surface area contributed by atoms with Crippen LogP contribution in [0.2, 0.25) is 0 Å². The van der Waals surface area contributed by atoms with Gasteiger partial charge in [0.1, 0.15) is 0 Å². The summed E-state index contributed by atoms with van der Waals surface area (Å²) >= 11 is 0. The molecule has 92 valence electrons. The third-order valence-electron chi connectivity index (χ3n) is 3.13. The van der Waals surface area contributed by atoms with Crippen LogP contribution in [0.15, 0.2) is 24.5 Å². The van der Waals surface area contributed by atoms with Crippen LogP contribution >= 0.6 is 0 Å². The number of nitrogens with zero attached hydrogens (tertiary/aromatic N) is 2. The van der Waals surface area contributed by atoms with Crippen molar-refractivity contribution in [3.05, 3.63) is 30.1 Å².